The van der Waals surface area contributed by atoms with Gasteiger partial charge in [0.05, 0.1) is 0 Å². The van der Waals surface area contributed by atoms with Crippen LogP contribution in [0.15, 0.2) is 54.2 Å². The van der Waals surface area contributed by atoms with Gasteiger partial charge in [-0.15, -0.1) is 0 Å². The van der Waals surface area contributed by atoms with Gasteiger partial charge < -0.3 is 5.32 Å². The molecule has 0 amide bonds. The smallest absolute Gasteiger partial charge is 0.145 e. The normalized spacial score (nSPS) is 9.06. The molecule has 2 aromatic carbocycles. The van der Waals surface area contributed by atoms with Crippen molar-refractivity contribution in [2.75, 3.05) is 5.32 Å². The van der Waals surface area contributed by atoms with E-state index in [9.17, 15) is 0 Å². The number of nitrogens with zero attached hydrogens (tertiary/aromatic N) is 2. The monoisotopic (exact) mass is 219 g/mol. The number of nitriles is 2. The van der Waals surface area contributed by atoms with Gasteiger partial charge in [0.15, 0.2) is 0 Å². The quantitative estimate of drug-likeness (QED) is 0.789. The van der Waals surface area contributed by atoms with Crippen LogP contribution in [0.25, 0.3) is 10.8 Å². The fourth-order valence-corrected chi connectivity index (χ4v) is 1.59. The van der Waals surface area contributed by atoms with Gasteiger partial charge in [0.2, 0.25) is 0 Å². The zero-order valence-corrected chi connectivity index (χ0v) is 9.01. The molecule has 0 aromatic heterocycles. The molecular weight excluding hydrogens is 210 g/mol. The van der Waals surface area contributed by atoms with Crippen LogP contribution in [-0.2, 0) is 0 Å². The number of nitrogens with one attached hydrogen (secondary N) is 1. The van der Waals surface area contributed by atoms with Gasteiger partial charge >= 0.3 is 0 Å². The lowest BCUT2D eigenvalue weighted by Gasteiger charge is -2.05. The molecule has 0 heterocycles. The molecule has 0 fully saturated rings. The zero-order valence-electron chi connectivity index (χ0n) is 9.01. The first-order valence-electron chi connectivity index (χ1n) is 5.10. The highest BCUT2D eigenvalue weighted by Gasteiger charge is 1.98. The predicted octanol–water partition coefficient (Wildman–Crippen LogP) is 3.18. The number of allylic oxidation sites excluding steroid dienone is 1. The molecule has 2 rings (SSSR count). The van der Waals surface area contributed by atoms with Crippen molar-refractivity contribution in [3.05, 3.63) is 54.2 Å². The summed E-state index contributed by atoms with van der Waals surface area (Å²) in [4.78, 5) is 0. The Morgan fingerprint density at radius 1 is 1.00 bits per heavy atom. The van der Waals surface area contributed by atoms with Crippen LogP contribution in [0.3, 0.4) is 0 Å². The third-order valence-electron chi connectivity index (χ3n) is 2.40. The fraction of sp³-hybridized carbons (Fsp3) is 0. The lowest BCUT2D eigenvalue weighted by Crippen LogP contribution is -1.90. The third kappa shape index (κ3) is 2.25. The van der Waals surface area contributed by atoms with Crippen LogP contribution in [0.1, 0.15) is 0 Å². The SMILES string of the molecule is N#CC(C#N)=CNc1cccc2ccccc12. The molecule has 0 bridgehead atoms. The molecule has 17 heavy (non-hydrogen) atoms. The van der Waals surface area contributed by atoms with Crippen LogP contribution >= 0.6 is 0 Å². The Morgan fingerprint density at radius 2 is 1.71 bits per heavy atom. The molecule has 0 radical (unpaired) electrons. The average molecular weight is 219 g/mol. The van der Waals surface area contributed by atoms with E-state index in [-0.39, 0.29) is 5.57 Å². The Labute approximate surface area is 99.2 Å². The Bertz CT molecular complexity index is 636. The second-order valence-electron chi connectivity index (χ2n) is 3.45. The predicted molar refractivity (Wildman–Crippen MR) is 66.9 cm³/mol. The van der Waals surface area contributed by atoms with E-state index >= 15 is 0 Å². The lowest BCUT2D eigenvalue weighted by molar-refractivity contribution is 1.45. The highest BCUT2D eigenvalue weighted by atomic mass is 14.8. The molecule has 0 aliphatic rings. The molecule has 3 nitrogen and oxygen atoms in total. The van der Waals surface area contributed by atoms with Gasteiger partial charge in [-0.3, -0.25) is 0 Å². The Balaban J connectivity index is 2.41. The van der Waals surface area contributed by atoms with Gasteiger partial charge in [0.1, 0.15) is 17.7 Å². The summed E-state index contributed by atoms with van der Waals surface area (Å²) in [6.45, 7) is 0. The summed E-state index contributed by atoms with van der Waals surface area (Å²) in [5.74, 6) is 0. The summed E-state index contributed by atoms with van der Waals surface area (Å²) in [6, 6.07) is 17.4. The maximum absolute atomic E-state index is 8.64. The molecular formula is C14H9N3. The van der Waals surface area contributed by atoms with Crippen LogP contribution in [0, 0.1) is 22.7 Å². The topological polar surface area (TPSA) is 59.6 Å². The zero-order chi connectivity index (χ0) is 12.1. The van der Waals surface area contributed by atoms with Crippen LogP contribution in [0.4, 0.5) is 5.69 Å². The summed E-state index contributed by atoms with van der Waals surface area (Å²) in [5, 5.41) is 22.4. The number of rotatable bonds is 2. The Hall–Kier alpha value is -2.78. The molecule has 80 valence electrons. The highest BCUT2D eigenvalue weighted by Crippen LogP contribution is 2.22. The first-order chi connectivity index (χ1) is 8.35. The van der Waals surface area contributed by atoms with Crippen molar-refractivity contribution >= 4 is 16.5 Å². The molecule has 0 atom stereocenters. The lowest BCUT2D eigenvalue weighted by atomic mass is 10.1. The molecule has 0 aliphatic heterocycles. The second-order valence-corrected chi connectivity index (χ2v) is 3.45. The summed E-state index contributed by atoms with van der Waals surface area (Å²) in [6.07, 6.45) is 1.42. The Morgan fingerprint density at radius 3 is 2.47 bits per heavy atom. The number of benzene rings is 2. The van der Waals surface area contributed by atoms with E-state index in [2.05, 4.69) is 5.32 Å². The van der Waals surface area contributed by atoms with E-state index in [1.54, 1.807) is 0 Å². The van der Waals surface area contributed by atoms with Crippen LogP contribution < -0.4 is 5.32 Å². The first-order valence-corrected chi connectivity index (χ1v) is 5.10. The second kappa shape index (κ2) is 4.83. The number of hydrogen-bond donors (Lipinski definition) is 1. The van der Waals surface area contributed by atoms with Crippen LogP contribution in [0.2, 0.25) is 0 Å². The summed E-state index contributed by atoms with van der Waals surface area (Å²) < 4.78 is 0. The standard InChI is InChI=1S/C14H9N3/c15-8-11(9-16)10-17-14-7-3-5-12-4-1-2-6-13(12)14/h1-7,10,17H. The fourth-order valence-electron chi connectivity index (χ4n) is 1.59. The van der Waals surface area contributed by atoms with Crippen molar-refractivity contribution in [1.82, 2.24) is 0 Å². The van der Waals surface area contributed by atoms with Gasteiger partial charge in [-0.25, -0.2) is 0 Å². The molecule has 0 saturated heterocycles. The minimum Gasteiger partial charge on any atom is -0.359 e. The highest BCUT2D eigenvalue weighted by molar-refractivity contribution is 5.94. The third-order valence-corrected chi connectivity index (χ3v) is 2.40. The molecule has 2 aromatic rings. The van der Waals surface area contributed by atoms with E-state index in [0.29, 0.717) is 0 Å². The summed E-state index contributed by atoms with van der Waals surface area (Å²) in [5.41, 5.74) is 0.934. The van der Waals surface area contributed by atoms with Gasteiger partial charge in [-0.2, -0.15) is 10.5 Å². The minimum atomic E-state index is 0.0536. The van der Waals surface area contributed by atoms with Crippen molar-refractivity contribution in [2.45, 2.75) is 0 Å². The maximum atomic E-state index is 8.64. The largest absolute Gasteiger partial charge is 0.359 e. The van der Waals surface area contributed by atoms with Gasteiger partial charge in [0.25, 0.3) is 0 Å². The van der Waals surface area contributed by atoms with Crippen molar-refractivity contribution in [3.8, 4) is 12.1 Å². The van der Waals surface area contributed by atoms with Crippen LogP contribution in [0.5, 0.6) is 0 Å². The molecule has 3 heteroatoms. The van der Waals surface area contributed by atoms with Crippen LogP contribution in [-0.4, -0.2) is 0 Å². The molecule has 0 spiro atoms. The average Bonchev–Trinajstić information content (AvgIpc) is 2.40. The van der Waals surface area contributed by atoms with E-state index in [1.165, 1.54) is 6.20 Å². The number of hydrogen-bond acceptors (Lipinski definition) is 3. The van der Waals surface area contributed by atoms with Gasteiger partial charge in [-0.1, -0.05) is 36.4 Å². The number of anilines is 1. The van der Waals surface area contributed by atoms with Crippen molar-refractivity contribution < 1.29 is 0 Å². The van der Waals surface area contributed by atoms with Crippen molar-refractivity contribution in [1.29, 1.82) is 10.5 Å². The first kappa shape index (κ1) is 10.7. The summed E-state index contributed by atoms with van der Waals surface area (Å²) >= 11 is 0. The van der Waals surface area contributed by atoms with E-state index in [1.807, 2.05) is 54.6 Å². The number of fused-ring (bicyclic) bond motifs is 1. The molecule has 0 unspecified atom stereocenters. The maximum Gasteiger partial charge on any atom is 0.145 e. The van der Waals surface area contributed by atoms with Crippen molar-refractivity contribution in [2.24, 2.45) is 0 Å². The van der Waals surface area contributed by atoms with E-state index in [0.717, 1.165) is 16.5 Å². The molecule has 0 aliphatic carbocycles. The van der Waals surface area contributed by atoms with E-state index in [4.69, 9.17) is 10.5 Å². The van der Waals surface area contributed by atoms with Gasteiger partial charge in [-0.05, 0) is 11.5 Å². The minimum absolute atomic E-state index is 0.0536. The summed E-state index contributed by atoms with van der Waals surface area (Å²) in [7, 11) is 0. The Kier molecular flexibility index (Phi) is 3.05. The molecule has 1 N–H and O–H groups in total. The molecule has 0 saturated carbocycles. The van der Waals surface area contributed by atoms with E-state index < -0.39 is 0 Å². The van der Waals surface area contributed by atoms with Gasteiger partial charge in [0, 0.05) is 17.3 Å². The van der Waals surface area contributed by atoms with Crippen molar-refractivity contribution in [3.63, 3.8) is 0 Å².